The van der Waals surface area contributed by atoms with Gasteiger partial charge in [0.2, 0.25) is 0 Å². The summed E-state index contributed by atoms with van der Waals surface area (Å²) in [4.78, 5) is 0. The zero-order valence-electron chi connectivity index (χ0n) is 10.1. The standard InChI is InChI=1S/C12H16Cl3NO/c1-12(2,17-3)7-16-6-8-9(13)4-5-10(14)11(8)15/h4-5,16H,6-7H2,1-3H3. The molecule has 0 atom stereocenters. The van der Waals surface area contributed by atoms with Crippen LogP contribution in [0.2, 0.25) is 15.1 Å². The van der Waals surface area contributed by atoms with Crippen LogP contribution in [0.15, 0.2) is 12.1 Å². The highest BCUT2D eigenvalue weighted by molar-refractivity contribution is 6.44. The maximum Gasteiger partial charge on any atom is 0.0746 e. The molecule has 0 saturated heterocycles. The molecule has 0 bridgehead atoms. The van der Waals surface area contributed by atoms with Gasteiger partial charge in [0.15, 0.2) is 0 Å². The fourth-order valence-electron chi connectivity index (χ4n) is 1.29. The summed E-state index contributed by atoms with van der Waals surface area (Å²) in [6, 6.07) is 3.43. The Morgan fingerprint density at radius 1 is 1.18 bits per heavy atom. The maximum atomic E-state index is 6.09. The van der Waals surface area contributed by atoms with E-state index in [0.717, 1.165) is 5.56 Å². The first-order chi connectivity index (χ1) is 7.87. The van der Waals surface area contributed by atoms with E-state index in [1.165, 1.54) is 0 Å². The molecule has 5 heteroatoms. The number of hydrogen-bond acceptors (Lipinski definition) is 2. The quantitative estimate of drug-likeness (QED) is 0.824. The first-order valence-corrected chi connectivity index (χ1v) is 6.39. The Balaban J connectivity index is 2.67. The maximum absolute atomic E-state index is 6.09. The van der Waals surface area contributed by atoms with Crippen LogP contribution >= 0.6 is 34.8 Å². The van der Waals surface area contributed by atoms with Crippen molar-refractivity contribution in [1.82, 2.24) is 5.32 Å². The van der Waals surface area contributed by atoms with Crippen molar-refractivity contribution in [3.05, 3.63) is 32.8 Å². The highest BCUT2D eigenvalue weighted by atomic mass is 35.5. The smallest absolute Gasteiger partial charge is 0.0746 e. The largest absolute Gasteiger partial charge is 0.377 e. The summed E-state index contributed by atoms with van der Waals surface area (Å²) in [5.41, 5.74) is 0.588. The van der Waals surface area contributed by atoms with Gasteiger partial charge in [0.05, 0.1) is 15.6 Å². The van der Waals surface area contributed by atoms with E-state index < -0.39 is 0 Å². The number of nitrogens with one attached hydrogen (secondary N) is 1. The highest BCUT2D eigenvalue weighted by Crippen LogP contribution is 2.31. The number of halogens is 3. The number of rotatable bonds is 5. The molecule has 0 amide bonds. The van der Waals surface area contributed by atoms with Gasteiger partial charge in [-0.05, 0) is 26.0 Å². The SMILES string of the molecule is COC(C)(C)CNCc1c(Cl)ccc(Cl)c1Cl. The molecule has 1 N–H and O–H groups in total. The lowest BCUT2D eigenvalue weighted by molar-refractivity contribution is 0.0231. The zero-order valence-corrected chi connectivity index (χ0v) is 12.4. The molecule has 96 valence electrons. The van der Waals surface area contributed by atoms with Crippen molar-refractivity contribution < 1.29 is 4.74 Å². The molecule has 0 fully saturated rings. The molecule has 17 heavy (non-hydrogen) atoms. The zero-order chi connectivity index (χ0) is 13.1. The van der Waals surface area contributed by atoms with Gasteiger partial charge in [-0.1, -0.05) is 34.8 Å². The summed E-state index contributed by atoms with van der Waals surface area (Å²) in [7, 11) is 1.68. The summed E-state index contributed by atoms with van der Waals surface area (Å²) in [5, 5.41) is 4.88. The summed E-state index contributed by atoms with van der Waals surface area (Å²) in [6.07, 6.45) is 0. The molecule has 2 nitrogen and oxygen atoms in total. The second-order valence-corrected chi connectivity index (χ2v) is 5.58. The van der Waals surface area contributed by atoms with Crippen molar-refractivity contribution in [2.24, 2.45) is 0 Å². The van der Waals surface area contributed by atoms with Crippen molar-refractivity contribution in [1.29, 1.82) is 0 Å². The fourth-order valence-corrected chi connectivity index (χ4v) is 1.97. The summed E-state index contributed by atoms with van der Waals surface area (Å²) < 4.78 is 5.31. The van der Waals surface area contributed by atoms with Gasteiger partial charge in [0, 0.05) is 30.8 Å². The molecule has 0 spiro atoms. The Bertz CT molecular complexity index is 394. The van der Waals surface area contributed by atoms with E-state index in [9.17, 15) is 0 Å². The molecule has 1 aromatic rings. The Labute approximate surface area is 117 Å². The average molecular weight is 297 g/mol. The van der Waals surface area contributed by atoms with E-state index in [-0.39, 0.29) is 5.60 Å². The molecule has 1 aromatic carbocycles. The molecule has 0 aliphatic rings. The highest BCUT2D eigenvalue weighted by Gasteiger charge is 2.16. The Hall–Kier alpha value is 0.01000. The van der Waals surface area contributed by atoms with Gasteiger partial charge >= 0.3 is 0 Å². The Kier molecular flexibility index (Phi) is 5.55. The number of methoxy groups -OCH3 is 1. The predicted molar refractivity (Wildman–Crippen MR) is 74.3 cm³/mol. The second kappa shape index (κ2) is 6.26. The van der Waals surface area contributed by atoms with Crippen LogP contribution in [0.25, 0.3) is 0 Å². The first-order valence-electron chi connectivity index (χ1n) is 5.25. The number of hydrogen-bond donors (Lipinski definition) is 1. The lowest BCUT2D eigenvalue weighted by atomic mass is 10.1. The monoisotopic (exact) mass is 295 g/mol. The van der Waals surface area contributed by atoms with E-state index >= 15 is 0 Å². The summed E-state index contributed by atoms with van der Waals surface area (Å²) >= 11 is 18.1. The van der Waals surface area contributed by atoms with E-state index in [2.05, 4.69) is 5.32 Å². The van der Waals surface area contributed by atoms with E-state index in [4.69, 9.17) is 39.5 Å². The minimum absolute atomic E-state index is 0.225. The minimum Gasteiger partial charge on any atom is -0.377 e. The van der Waals surface area contributed by atoms with Crippen LogP contribution in [-0.2, 0) is 11.3 Å². The molecule has 1 rings (SSSR count). The minimum atomic E-state index is -0.225. The van der Waals surface area contributed by atoms with Crippen LogP contribution in [0.1, 0.15) is 19.4 Å². The topological polar surface area (TPSA) is 21.3 Å². The van der Waals surface area contributed by atoms with Crippen LogP contribution in [0.3, 0.4) is 0 Å². The third kappa shape index (κ3) is 4.31. The number of ether oxygens (including phenoxy) is 1. The fraction of sp³-hybridized carbons (Fsp3) is 0.500. The molecular weight excluding hydrogens is 280 g/mol. The lowest BCUT2D eigenvalue weighted by Crippen LogP contribution is -2.36. The van der Waals surface area contributed by atoms with E-state index in [0.29, 0.717) is 28.2 Å². The predicted octanol–water partition coefficient (Wildman–Crippen LogP) is 4.16. The lowest BCUT2D eigenvalue weighted by Gasteiger charge is -2.23. The first kappa shape index (κ1) is 15.1. The van der Waals surface area contributed by atoms with Crippen molar-refractivity contribution in [3.63, 3.8) is 0 Å². The van der Waals surface area contributed by atoms with Gasteiger partial charge in [0.1, 0.15) is 0 Å². The molecule has 0 aliphatic carbocycles. The molecule has 0 aliphatic heterocycles. The van der Waals surface area contributed by atoms with Crippen LogP contribution in [0.5, 0.6) is 0 Å². The third-order valence-electron chi connectivity index (χ3n) is 2.54. The third-order valence-corrected chi connectivity index (χ3v) is 3.74. The molecule has 0 unspecified atom stereocenters. The van der Waals surface area contributed by atoms with E-state index in [1.807, 2.05) is 13.8 Å². The Morgan fingerprint density at radius 2 is 1.76 bits per heavy atom. The normalized spacial score (nSPS) is 11.9. The van der Waals surface area contributed by atoms with Crippen molar-refractivity contribution in [2.45, 2.75) is 26.0 Å². The van der Waals surface area contributed by atoms with Gasteiger partial charge in [-0.15, -0.1) is 0 Å². The van der Waals surface area contributed by atoms with Gasteiger partial charge in [-0.3, -0.25) is 0 Å². The van der Waals surface area contributed by atoms with Crippen molar-refractivity contribution in [2.75, 3.05) is 13.7 Å². The van der Waals surface area contributed by atoms with Gasteiger partial charge in [-0.2, -0.15) is 0 Å². The molecule has 0 aromatic heterocycles. The molecule has 0 saturated carbocycles. The van der Waals surface area contributed by atoms with Gasteiger partial charge in [-0.25, -0.2) is 0 Å². The van der Waals surface area contributed by atoms with Crippen molar-refractivity contribution >= 4 is 34.8 Å². The second-order valence-electron chi connectivity index (χ2n) is 4.39. The molecule has 0 radical (unpaired) electrons. The van der Waals surface area contributed by atoms with Gasteiger partial charge < -0.3 is 10.1 Å². The number of benzene rings is 1. The summed E-state index contributed by atoms with van der Waals surface area (Å²) in [5.74, 6) is 0. The van der Waals surface area contributed by atoms with Crippen molar-refractivity contribution in [3.8, 4) is 0 Å². The Morgan fingerprint density at radius 3 is 2.35 bits per heavy atom. The molecular formula is C12H16Cl3NO. The average Bonchev–Trinajstić information content (AvgIpc) is 2.28. The van der Waals surface area contributed by atoms with Gasteiger partial charge in [0.25, 0.3) is 0 Å². The van der Waals surface area contributed by atoms with E-state index in [1.54, 1.807) is 19.2 Å². The van der Waals surface area contributed by atoms with Crippen LogP contribution in [0.4, 0.5) is 0 Å². The van der Waals surface area contributed by atoms with Crippen LogP contribution in [-0.4, -0.2) is 19.3 Å². The summed E-state index contributed by atoms with van der Waals surface area (Å²) in [6.45, 7) is 5.26. The molecule has 0 heterocycles. The van der Waals surface area contributed by atoms with Crippen LogP contribution in [0, 0.1) is 0 Å². The van der Waals surface area contributed by atoms with Crippen LogP contribution < -0.4 is 5.32 Å².